The van der Waals surface area contributed by atoms with Crippen LogP contribution in [0.4, 0.5) is 17.1 Å². The summed E-state index contributed by atoms with van der Waals surface area (Å²) in [6.07, 6.45) is 1.51. The van der Waals surface area contributed by atoms with Crippen LogP contribution in [0.25, 0.3) is 10.8 Å². The summed E-state index contributed by atoms with van der Waals surface area (Å²) in [6.45, 7) is 0. The number of hydrogen-bond acceptors (Lipinski definition) is 7. The van der Waals surface area contributed by atoms with E-state index in [-0.39, 0.29) is 16.9 Å². The Bertz CT molecular complexity index is 1580. The van der Waals surface area contributed by atoms with Crippen LogP contribution in [-0.4, -0.2) is 30.6 Å². The van der Waals surface area contributed by atoms with Gasteiger partial charge in [0.25, 0.3) is 15.7 Å². The van der Waals surface area contributed by atoms with Gasteiger partial charge in [0, 0.05) is 11.6 Å². The molecule has 4 rings (SSSR count). The van der Waals surface area contributed by atoms with Gasteiger partial charge in [0.2, 0.25) is 0 Å². The fourth-order valence-electron chi connectivity index (χ4n) is 3.42. The molecule has 0 heterocycles. The first-order chi connectivity index (χ1) is 16.8. The van der Waals surface area contributed by atoms with Crippen molar-refractivity contribution in [1.82, 2.24) is 0 Å². The molecule has 11 heteroatoms. The summed E-state index contributed by atoms with van der Waals surface area (Å²) in [5.74, 6) is -1.32. The molecule has 0 fully saturated rings. The number of carboxylic acid groups (broad SMARTS) is 1. The van der Waals surface area contributed by atoms with E-state index in [1.807, 2.05) is 42.5 Å². The number of nitrogens with zero attached hydrogens (tertiary/aromatic N) is 2. The fraction of sp³-hybridized carbons (Fsp3) is 0. The van der Waals surface area contributed by atoms with E-state index in [0.717, 1.165) is 28.5 Å². The first-order valence-corrected chi connectivity index (χ1v) is 11.6. The Morgan fingerprint density at radius 2 is 1.66 bits per heavy atom. The second kappa shape index (κ2) is 9.61. The molecule has 0 saturated heterocycles. The highest BCUT2D eigenvalue weighted by atomic mass is 32.2. The lowest BCUT2D eigenvalue weighted by Crippen LogP contribution is -2.16. The molecule has 0 radical (unpaired) electrons. The van der Waals surface area contributed by atoms with Crippen LogP contribution in [0.15, 0.2) is 94.9 Å². The van der Waals surface area contributed by atoms with Gasteiger partial charge >= 0.3 is 5.97 Å². The molecular formula is C24H18N4O6S. The molecule has 35 heavy (non-hydrogen) atoms. The summed E-state index contributed by atoms with van der Waals surface area (Å²) in [7, 11) is -4.31. The van der Waals surface area contributed by atoms with Gasteiger partial charge in [-0.1, -0.05) is 54.6 Å². The minimum absolute atomic E-state index is 0.0172. The first-order valence-electron chi connectivity index (χ1n) is 10.2. The normalized spacial score (nSPS) is 11.4. The number of nitrogens with one attached hydrogen (secondary N) is 2. The average Bonchev–Trinajstić information content (AvgIpc) is 2.84. The number of sulfonamides is 1. The topological polar surface area (TPSA) is 151 Å². The summed E-state index contributed by atoms with van der Waals surface area (Å²) < 4.78 is 27.8. The SMILES string of the molecule is O=C(O)c1ccccc1NS(=O)(=O)c1ccc(N/N=C\c2cccc3ccccc23)c([N+](=O)[O-])c1. The number of nitro groups is 1. The number of hydrazone groups is 1. The average molecular weight is 490 g/mol. The van der Waals surface area contributed by atoms with Gasteiger partial charge in [-0.3, -0.25) is 20.3 Å². The number of fused-ring (bicyclic) bond motifs is 1. The number of carbonyl (C=O) groups is 1. The predicted molar refractivity (Wildman–Crippen MR) is 132 cm³/mol. The maximum Gasteiger partial charge on any atom is 0.337 e. The highest BCUT2D eigenvalue weighted by Crippen LogP contribution is 2.29. The molecule has 0 spiro atoms. The Morgan fingerprint density at radius 3 is 2.43 bits per heavy atom. The van der Waals surface area contributed by atoms with Crippen molar-refractivity contribution in [3.8, 4) is 0 Å². The highest BCUT2D eigenvalue weighted by Gasteiger charge is 2.23. The molecule has 4 aromatic rings. The smallest absolute Gasteiger partial charge is 0.337 e. The lowest BCUT2D eigenvalue weighted by atomic mass is 10.1. The number of anilines is 2. The second-order valence-electron chi connectivity index (χ2n) is 7.33. The fourth-order valence-corrected chi connectivity index (χ4v) is 4.52. The molecular weight excluding hydrogens is 472 g/mol. The maximum atomic E-state index is 12.8. The van der Waals surface area contributed by atoms with Crippen molar-refractivity contribution in [2.45, 2.75) is 4.90 Å². The molecule has 0 aromatic heterocycles. The number of carboxylic acids is 1. The zero-order valence-electron chi connectivity index (χ0n) is 18.0. The van der Waals surface area contributed by atoms with Gasteiger partial charge in [-0.15, -0.1) is 0 Å². The Hall–Kier alpha value is -4.77. The number of para-hydroxylation sites is 1. The number of benzene rings is 4. The molecule has 0 saturated carbocycles. The molecule has 0 bridgehead atoms. The van der Waals surface area contributed by atoms with Crippen molar-refractivity contribution >= 4 is 50.0 Å². The molecule has 0 amide bonds. The van der Waals surface area contributed by atoms with Gasteiger partial charge in [0.15, 0.2) is 0 Å². The van der Waals surface area contributed by atoms with Crippen molar-refractivity contribution in [3.05, 3.63) is 106 Å². The van der Waals surface area contributed by atoms with E-state index in [1.165, 1.54) is 36.5 Å². The number of aromatic carboxylic acids is 1. The zero-order valence-corrected chi connectivity index (χ0v) is 18.8. The lowest BCUT2D eigenvalue weighted by molar-refractivity contribution is -0.384. The van der Waals surface area contributed by atoms with Gasteiger partial charge < -0.3 is 5.11 Å². The van der Waals surface area contributed by atoms with Crippen molar-refractivity contribution in [3.63, 3.8) is 0 Å². The molecule has 0 aliphatic heterocycles. The van der Waals surface area contributed by atoms with E-state index in [0.29, 0.717) is 0 Å². The Balaban J connectivity index is 1.61. The van der Waals surface area contributed by atoms with E-state index >= 15 is 0 Å². The predicted octanol–water partition coefficient (Wildman–Crippen LogP) is 4.69. The molecule has 176 valence electrons. The number of nitro benzene ring substituents is 1. The van der Waals surface area contributed by atoms with Crippen LogP contribution in [-0.2, 0) is 10.0 Å². The van der Waals surface area contributed by atoms with Crippen LogP contribution in [0, 0.1) is 10.1 Å². The lowest BCUT2D eigenvalue weighted by Gasteiger charge is -2.11. The van der Waals surface area contributed by atoms with Crippen molar-refractivity contribution in [1.29, 1.82) is 0 Å². The summed E-state index contributed by atoms with van der Waals surface area (Å²) in [6, 6.07) is 22.0. The molecule has 0 aliphatic rings. The van der Waals surface area contributed by atoms with Gasteiger partial charge in [-0.05, 0) is 35.0 Å². The minimum atomic E-state index is -4.31. The Labute approximate surface area is 199 Å². The van der Waals surface area contributed by atoms with Gasteiger partial charge in [0.05, 0.1) is 27.3 Å². The van der Waals surface area contributed by atoms with Gasteiger partial charge in [-0.2, -0.15) is 5.10 Å². The van der Waals surface area contributed by atoms with Gasteiger partial charge in [0.1, 0.15) is 5.69 Å². The third kappa shape index (κ3) is 5.09. The molecule has 4 aromatic carbocycles. The highest BCUT2D eigenvalue weighted by molar-refractivity contribution is 7.92. The van der Waals surface area contributed by atoms with Crippen LogP contribution in [0.5, 0.6) is 0 Å². The molecule has 3 N–H and O–H groups in total. The molecule has 0 atom stereocenters. The van der Waals surface area contributed by atoms with Gasteiger partial charge in [-0.25, -0.2) is 13.2 Å². The number of hydrogen-bond donors (Lipinski definition) is 3. The standard InChI is InChI=1S/C24H18N4O6S/c29-24(30)20-10-3-4-11-21(20)27-35(33,34)18-12-13-22(23(14-18)28(31)32)26-25-15-17-8-5-7-16-6-1-2-9-19(16)17/h1-15,26-27H,(H,29,30)/b25-15-. The van der Waals surface area contributed by atoms with Crippen LogP contribution in [0.3, 0.4) is 0 Å². The quantitative estimate of drug-likeness (QED) is 0.184. The van der Waals surface area contributed by atoms with E-state index < -0.39 is 31.5 Å². The van der Waals surface area contributed by atoms with Crippen LogP contribution in [0.2, 0.25) is 0 Å². The Morgan fingerprint density at radius 1 is 0.943 bits per heavy atom. The third-order valence-corrected chi connectivity index (χ3v) is 6.45. The zero-order chi connectivity index (χ0) is 25.0. The first kappa shape index (κ1) is 23.4. The van der Waals surface area contributed by atoms with Crippen LogP contribution < -0.4 is 10.1 Å². The summed E-state index contributed by atoms with van der Waals surface area (Å²) >= 11 is 0. The monoisotopic (exact) mass is 490 g/mol. The molecule has 10 nitrogen and oxygen atoms in total. The molecule has 0 unspecified atom stereocenters. The minimum Gasteiger partial charge on any atom is -0.478 e. The number of rotatable bonds is 8. The van der Waals surface area contributed by atoms with E-state index in [9.17, 15) is 28.4 Å². The van der Waals surface area contributed by atoms with Crippen molar-refractivity contribution in [2.24, 2.45) is 5.10 Å². The second-order valence-corrected chi connectivity index (χ2v) is 9.01. The van der Waals surface area contributed by atoms with Crippen LogP contribution >= 0.6 is 0 Å². The summed E-state index contributed by atoms with van der Waals surface area (Å²) in [5, 5.41) is 26.9. The molecule has 0 aliphatic carbocycles. The third-order valence-electron chi connectivity index (χ3n) is 5.09. The summed E-state index contributed by atoms with van der Waals surface area (Å²) in [4.78, 5) is 21.8. The van der Waals surface area contributed by atoms with E-state index in [4.69, 9.17) is 0 Å². The van der Waals surface area contributed by atoms with E-state index in [2.05, 4.69) is 15.2 Å². The Kier molecular flexibility index (Phi) is 6.42. The maximum absolute atomic E-state index is 12.8. The van der Waals surface area contributed by atoms with E-state index in [1.54, 1.807) is 0 Å². The summed E-state index contributed by atoms with van der Waals surface area (Å²) in [5.41, 5.74) is 2.43. The van der Waals surface area contributed by atoms with Crippen LogP contribution in [0.1, 0.15) is 15.9 Å². The van der Waals surface area contributed by atoms with Crippen molar-refractivity contribution < 1.29 is 23.2 Å². The van der Waals surface area contributed by atoms with Crippen molar-refractivity contribution in [2.75, 3.05) is 10.1 Å². The largest absolute Gasteiger partial charge is 0.478 e.